The molecule has 1 saturated heterocycles. The van der Waals surface area contributed by atoms with Crippen LogP contribution >= 0.6 is 35.8 Å². The number of pyridine rings is 1. The summed E-state index contributed by atoms with van der Waals surface area (Å²) in [4.78, 5) is 32.4. The molecule has 5 nitrogen and oxygen atoms in total. The number of anilines is 1. The van der Waals surface area contributed by atoms with Crippen LogP contribution in [0, 0.1) is 5.82 Å². The lowest BCUT2D eigenvalue weighted by Crippen LogP contribution is -2.54. The van der Waals surface area contributed by atoms with Gasteiger partial charge >= 0.3 is 0 Å². The van der Waals surface area contributed by atoms with Gasteiger partial charge in [-0.1, -0.05) is 67.7 Å². The number of amides is 1. The molecule has 0 saturated carbocycles. The fourth-order valence-corrected chi connectivity index (χ4v) is 6.38. The van der Waals surface area contributed by atoms with Crippen LogP contribution in [0.25, 0.3) is 0 Å². The second kappa shape index (κ2) is 10.9. The Morgan fingerprint density at radius 3 is 2.58 bits per heavy atom. The topological polar surface area (TPSA) is 62.3 Å². The number of aromatic nitrogens is 1. The van der Waals surface area contributed by atoms with Crippen LogP contribution in [-0.4, -0.2) is 21.0 Å². The highest BCUT2D eigenvalue weighted by atomic mass is 35.5. The number of hydrogen-bond donors (Lipinski definition) is 2. The Kier molecular flexibility index (Phi) is 7.56. The first-order chi connectivity index (χ1) is 18.3. The molecule has 0 aliphatic carbocycles. The number of benzene rings is 2. The zero-order valence-electron chi connectivity index (χ0n) is 20.5. The number of carbonyl (C=O) groups excluding carboxylic acids is 2. The number of rotatable bonds is 7. The first-order valence-electron chi connectivity index (χ1n) is 12.2. The van der Waals surface area contributed by atoms with Crippen LogP contribution in [-0.2, 0) is 15.1 Å². The molecule has 2 aromatic carbocycles. The van der Waals surface area contributed by atoms with Crippen molar-refractivity contribution in [1.29, 1.82) is 0 Å². The largest absolute Gasteiger partial charge is 0.363 e. The molecular weight excluding hydrogens is 541 g/mol. The highest BCUT2D eigenvalue weighted by molar-refractivity contribution is 7.78. The molecule has 1 N–H and O–H groups in total. The van der Waals surface area contributed by atoms with Gasteiger partial charge in [0.05, 0.1) is 11.7 Å². The molecular formula is C29H25ClFN3O2S2. The van der Waals surface area contributed by atoms with Gasteiger partial charge in [0.1, 0.15) is 23.1 Å². The number of thiophene rings is 1. The van der Waals surface area contributed by atoms with E-state index < -0.39 is 17.4 Å². The van der Waals surface area contributed by atoms with Crippen LogP contribution in [0.15, 0.2) is 83.6 Å². The van der Waals surface area contributed by atoms with Gasteiger partial charge in [-0.2, -0.15) is 11.3 Å². The third kappa shape index (κ3) is 4.72. The molecule has 4 aromatic rings. The van der Waals surface area contributed by atoms with Crippen molar-refractivity contribution in [2.45, 2.75) is 37.3 Å². The lowest BCUT2D eigenvalue weighted by Gasteiger charge is -2.45. The minimum absolute atomic E-state index is 0.0134. The molecule has 5 rings (SSSR count). The quantitative estimate of drug-likeness (QED) is 0.184. The van der Waals surface area contributed by atoms with Crippen molar-refractivity contribution < 1.29 is 14.0 Å². The van der Waals surface area contributed by atoms with E-state index in [4.69, 9.17) is 29.4 Å². The number of hydrogen-bond acceptors (Lipinski definition) is 6. The number of thiol groups is 1. The summed E-state index contributed by atoms with van der Waals surface area (Å²) in [5.74, 6) is -1.48. The van der Waals surface area contributed by atoms with Gasteiger partial charge in [-0.3, -0.25) is 13.9 Å². The maximum Gasteiger partial charge on any atom is 0.248 e. The van der Waals surface area contributed by atoms with E-state index in [0.29, 0.717) is 22.1 Å². The molecule has 0 radical (unpaired) electrons. The van der Waals surface area contributed by atoms with E-state index >= 15 is 0 Å². The first-order valence-corrected chi connectivity index (χ1v) is 13.9. The summed E-state index contributed by atoms with van der Waals surface area (Å²) in [6.45, 7) is 2.03. The Morgan fingerprint density at radius 2 is 1.89 bits per heavy atom. The van der Waals surface area contributed by atoms with Crippen molar-refractivity contribution in [3.63, 3.8) is 0 Å². The number of Topliss-reactive ketones (excluding diaryl/α,β-unsaturated/α-hetero) is 1. The average Bonchev–Trinajstić information content (AvgIpc) is 3.47. The van der Waals surface area contributed by atoms with Crippen molar-refractivity contribution >= 4 is 53.3 Å². The predicted molar refractivity (Wildman–Crippen MR) is 152 cm³/mol. The number of nitrogens with zero attached hydrogens (tertiary/aromatic N) is 2. The van der Waals surface area contributed by atoms with Gasteiger partial charge in [-0.25, -0.2) is 9.37 Å². The smallest absolute Gasteiger partial charge is 0.248 e. The zero-order valence-corrected chi connectivity index (χ0v) is 22.9. The number of halogens is 2. The minimum Gasteiger partial charge on any atom is -0.363 e. The fourth-order valence-electron chi connectivity index (χ4n) is 5.00. The van der Waals surface area contributed by atoms with Crippen LogP contribution in [0.3, 0.4) is 0 Å². The normalized spacial score (nSPS) is 20.4. The van der Waals surface area contributed by atoms with E-state index in [2.05, 4.69) is 5.32 Å². The molecule has 3 unspecified atom stereocenters. The van der Waals surface area contributed by atoms with E-state index in [1.165, 1.54) is 27.8 Å². The predicted octanol–water partition coefficient (Wildman–Crippen LogP) is 7.17. The summed E-state index contributed by atoms with van der Waals surface area (Å²) in [5, 5.41) is 7.60. The second-order valence-corrected chi connectivity index (χ2v) is 10.8. The van der Waals surface area contributed by atoms with Crippen LogP contribution in [0.1, 0.15) is 54.1 Å². The van der Waals surface area contributed by atoms with Crippen LogP contribution < -0.4 is 5.32 Å². The monoisotopic (exact) mass is 565 g/mol. The minimum atomic E-state index is -1.20. The molecule has 0 bridgehead atoms. The molecule has 1 aliphatic heterocycles. The Bertz CT molecular complexity index is 1460. The standard InChI is InChI=1S/C29H25ClFN3O2S2/c1-2-23(18-10-12-20(31)13-11-18)32-26-9-5-8-25(33-26)29(19-14-15-38-17-19)16-24(35)27(28(36)34(29)37)21-6-3-4-7-22(21)30/h3-15,17,23,27,37H,2,16H2,1H3,(H,32,33). The number of ketones is 1. The molecule has 3 atom stereocenters. The summed E-state index contributed by atoms with van der Waals surface area (Å²) >= 11 is 12.6. The number of carbonyl (C=O) groups is 2. The summed E-state index contributed by atoms with van der Waals surface area (Å²) in [5.41, 5.74) is 1.46. The van der Waals surface area contributed by atoms with E-state index in [0.717, 1.165) is 17.5 Å². The summed E-state index contributed by atoms with van der Waals surface area (Å²) < 4.78 is 14.8. The van der Waals surface area contributed by atoms with E-state index in [-0.39, 0.29) is 24.1 Å². The molecule has 194 valence electrons. The van der Waals surface area contributed by atoms with Crippen LogP contribution in [0.2, 0.25) is 5.02 Å². The van der Waals surface area contributed by atoms with Crippen molar-refractivity contribution in [3.8, 4) is 0 Å². The van der Waals surface area contributed by atoms with Gasteiger partial charge in [-0.15, -0.1) is 0 Å². The van der Waals surface area contributed by atoms with E-state index in [9.17, 15) is 14.0 Å². The van der Waals surface area contributed by atoms with Crippen molar-refractivity contribution in [2.75, 3.05) is 5.32 Å². The van der Waals surface area contributed by atoms with Crippen LogP contribution in [0.5, 0.6) is 0 Å². The molecule has 3 heterocycles. The molecule has 9 heteroatoms. The molecule has 0 spiro atoms. The Balaban J connectivity index is 1.55. The third-order valence-corrected chi connectivity index (χ3v) is 8.53. The Morgan fingerprint density at radius 1 is 1.13 bits per heavy atom. The zero-order chi connectivity index (χ0) is 26.9. The van der Waals surface area contributed by atoms with E-state index in [1.54, 1.807) is 42.5 Å². The van der Waals surface area contributed by atoms with E-state index in [1.807, 2.05) is 35.9 Å². The lowest BCUT2D eigenvalue weighted by molar-refractivity contribution is -0.142. The second-order valence-electron chi connectivity index (χ2n) is 9.18. The molecule has 2 aromatic heterocycles. The fraction of sp³-hybridized carbons (Fsp3) is 0.207. The van der Waals surface area contributed by atoms with Gasteiger partial charge in [-0.05, 0) is 70.3 Å². The SMILES string of the molecule is CCC(Nc1cccc(C2(c3ccsc3)CC(=O)C(c3ccccc3Cl)C(=O)N2S)n1)c1ccc(F)cc1. The third-order valence-electron chi connectivity index (χ3n) is 6.96. The summed E-state index contributed by atoms with van der Waals surface area (Å²) in [6.07, 6.45) is 0.725. The molecule has 38 heavy (non-hydrogen) atoms. The Hall–Kier alpha value is -3.20. The molecule has 1 fully saturated rings. The number of piperidine rings is 1. The van der Waals surface area contributed by atoms with Gasteiger partial charge < -0.3 is 5.32 Å². The average molecular weight is 566 g/mol. The number of nitrogens with one attached hydrogen (secondary N) is 1. The maximum absolute atomic E-state index is 13.8. The van der Waals surface area contributed by atoms with Gasteiger partial charge in [0.15, 0.2) is 5.78 Å². The molecule has 1 aliphatic rings. The van der Waals surface area contributed by atoms with Crippen LogP contribution in [0.4, 0.5) is 10.2 Å². The van der Waals surface area contributed by atoms with Gasteiger partial charge in [0.25, 0.3) is 0 Å². The summed E-state index contributed by atoms with van der Waals surface area (Å²) in [7, 11) is 0. The maximum atomic E-state index is 13.8. The van der Waals surface area contributed by atoms with Crippen molar-refractivity contribution in [1.82, 2.24) is 9.29 Å². The highest BCUT2D eigenvalue weighted by Gasteiger charge is 2.53. The highest BCUT2D eigenvalue weighted by Crippen LogP contribution is 2.48. The van der Waals surface area contributed by atoms with Crippen molar-refractivity contribution in [2.24, 2.45) is 0 Å². The summed E-state index contributed by atoms with van der Waals surface area (Å²) in [6, 6.07) is 20.5. The lowest BCUT2D eigenvalue weighted by atomic mass is 9.75. The Labute approximate surface area is 235 Å². The van der Waals surface area contributed by atoms with Gasteiger partial charge in [0, 0.05) is 11.4 Å². The first kappa shape index (κ1) is 26.4. The van der Waals surface area contributed by atoms with Crippen molar-refractivity contribution in [3.05, 3.63) is 117 Å². The van der Waals surface area contributed by atoms with Gasteiger partial charge in [0.2, 0.25) is 5.91 Å². The molecule has 1 amide bonds.